The van der Waals surface area contributed by atoms with Crippen LogP contribution < -0.4 is 10.0 Å². The van der Waals surface area contributed by atoms with Gasteiger partial charge in [-0.1, -0.05) is 23.8 Å². The largest absolute Gasteiger partial charge is 0.449 e. The van der Waals surface area contributed by atoms with E-state index in [0.29, 0.717) is 22.5 Å². The first-order chi connectivity index (χ1) is 16.5. The fraction of sp³-hybridized carbons (Fsp3) is 0.192. The quantitative estimate of drug-likeness (QED) is 0.352. The van der Waals surface area contributed by atoms with Gasteiger partial charge >= 0.3 is 5.97 Å². The van der Waals surface area contributed by atoms with Crippen molar-refractivity contribution < 1.29 is 27.5 Å². The van der Waals surface area contributed by atoms with Gasteiger partial charge in [0.25, 0.3) is 15.9 Å². The van der Waals surface area contributed by atoms with Crippen LogP contribution in [0.25, 0.3) is 0 Å². The second-order valence-electron chi connectivity index (χ2n) is 8.12. The van der Waals surface area contributed by atoms with Crippen LogP contribution in [-0.4, -0.2) is 32.2 Å². The van der Waals surface area contributed by atoms with Crippen LogP contribution in [0.5, 0.6) is 0 Å². The minimum Gasteiger partial charge on any atom is -0.449 e. The first-order valence-corrected chi connectivity index (χ1v) is 12.3. The molecule has 35 heavy (non-hydrogen) atoms. The highest BCUT2D eigenvalue weighted by Crippen LogP contribution is 2.22. The van der Waals surface area contributed by atoms with Crippen molar-refractivity contribution in [3.8, 4) is 0 Å². The van der Waals surface area contributed by atoms with E-state index < -0.39 is 28.0 Å². The summed E-state index contributed by atoms with van der Waals surface area (Å²) in [7, 11) is -3.97. The van der Waals surface area contributed by atoms with Crippen LogP contribution in [0.2, 0.25) is 0 Å². The molecule has 1 atom stereocenters. The van der Waals surface area contributed by atoms with Crippen molar-refractivity contribution in [3.63, 3.8) is 0 Å². The minimum atomic E-state index is -3.97. The molecule has 3 aromatic rings. The second-order valence-corrected chi connectivity index (χ2v) is 9.77. The maximum atomic E-state index is 12.9. The van der Waals surface area contributed by atoms with E-state index in [2.05, 4.69) is 10.0 Å². The Balaban J connectivity index is 1.71. The van der Waals surface area contributed by atoms with Crippen molar-refractivity contribution in [2.24, 2.45) is 0 Å². The molecule has 9 heteroatoms. The van der Waals surface area contributed by atoms with E-state index in [0.717, 1.165) is 5.56 Å². The molecule has 0 radical (unpaired) electrons. The number of carbonyl (C=O) groups excluding carboxylic acids is 3. The van der Waals surface area contributed by atoms with Crippen LogP contribution in [0.4, 0.5) is 11.4 Å². The van der Waals surface area contributed by atoms with E-state index in [-0.39, 0.29) is 16.2 Å². The molecule has 182 valence electrons. The molecule has 0 spiro atoms. The number of ether oxygens (including phenoxy) is 1. The van der Waals surface area contributed by atoms with Crippen LogP contribution in [0.3, 0.4) is 0 Å². The van der Waals surface area contributed by atoms with Gasteiger partial charge in [-0.3, -0.25) is 14.3 Å². The molecule has 3 rings (SSSR count). The lowest BCUT2D eigenvalue weighted by atomic mass is 10.1. The lowest BCUT2D eigenvalue weighted by Crippen LogP contribution is -2.30. The number of hydrogen-bond acceptors (Lipinski definition) is 6. The summed E-state index contributed by atoms with van der Waals surface area (Å²) in [5, 5.41) is 2.61. The van der Waals surface area contributed by atoms with E-state index in [9.17, 15) is 22.8 Å². The zero-order valence-electron chi connectivity index (χ0n) is 19.8. The number of aryl methyl sites for hydroxylation is 2. The summed E-state index contributed by atoms with van der Waals surface area (Å²) in [6.45, 7) is 6.35. The van der Waals surface area contributed by atoms with E-state index in [1.54, 1.807) is 55.5 Å². The number of nitrogens with one attached hydrogen (secondary N) is 2. The zero-order chi connectivity index (χ0) is 25.8. The Kier molecular flexibility index (Phi) is 7.71. The molecule has 0 saturated heterocycles. The molecule has 1 amide bonds. The minimum absolute atomic E-state index is 0.00894. The van der Waals surface area contributed by atoms with Crippen LogP contribution >= 0.6 is 0 Å². The highest BCUT2D eigenvalue weighted by molar-refractivity contribution is 7.92. The Morgan fingerprint density at radius 2 is 1.40 bits per heavy atom. The van der Waals surface area contributed by atoms with Gasteiger partial charge in [0.1, 0.15) is 0 Å². The summed E-state index contributed by atoms with van der Waals surface area (Å²) in [6, 6.07) is 17.3. The highest BCUT2D eigenvalue weighted by Gasteiger charge is 2.23. The maximum Gasteiger partial charge on any atom is 0.338 e. The highest BCUT2D eigenvalue weighted by atomic mass is 32.2. The van der Waals surface area contributed by atoms with Crippen molar-refractivity contribution in [2.75, 3.05) is 10.0 Å². The van der Waals surface area contributed by atoms with Gasteiger partial charge in [0, 0.05) is 16.9 Å². The molecule has 0 fully saturated rings. The molecule has 8 nitrogen and oxygen atoms in total. The molecule has 0 heterocycles. The molecule has 0 saturated carbocycles. The number of hydrogen-bond donors (Lipinski definition) is 2. The van der Waals surface area contributed by atoms with Crippen LogP contribution in [0.1, 0.15) is 45.7 Å². The molecule has 0 unspecified atom stereocenters. The van der Waals surface area contributed by atoms with Gasteiger partial charge in [-0.25, -0.2) is 13.2 Å². The summed E-state index contributed by atoms with van der Waals surface area (Å²) in [6.07, 6.45) is -1.15. The number of rotatable bonds is 8. The normalized spacial score (nSPS) is 11.9. The molecule has 3 aromatic carbocycles. The number of benzene rings is 3. The SMILES string of the molecule is CC(=O)c1ccc(NC(=O)[C@@H](C)OC(=O)c2ccc(C)c(S(=O)(=O)Nc3ccc(C)cc3)c2)cc1. The van der Waals surface area contributed by atoms with Gasteiger partial charge < -0.3 is 10.1 Å². The van der Waals surface area contributed by atoms with Gasteiger partial charge in [-0.2, -0.15) is 0 Å². The van der Waals surface area contributed by atoms with Gasteiger partial charge in [0.05, 0.1) is 10.5 Å². The lowest BCUT2D eigenvalue weighted by molar-refractivity contribution is -0.123. The molecule has 0 aliphatic carbocycles. The fourth-order valence-corrected chi connectivity index (χ4v) is 4.49. The number of anilines is 2. The first-order valence-electron chi connectivity index (χ1n) is 10.8. The summed E-state index contributed by atoms with van der Waals surface area (Å²) < 4.78 is 33.6. The predicted octanol–water partition coefficient (Wildman–Crippen LogP) is 4.49. The topological polar surface area (TPSA) is 119 Å². The number of esters is 1. The van der Waals surface area contributed by atoms with Crippen molar-refractivity contribution in [2.45, 2.75) is 38.7 Å². The van der Waals surface area contributed by atoms with Crippen LogP contribution in [0, 0.1) is 13.8 Å². The summed E-state index contributed by atoms with van der Waals surface area (Å²) in [5.74, 6) is -1.51. The number of amides is 1. The Labute approximate surface area is 204 Å². The zero-order valence-corrected chi connectivity index (χ0v) is 20.6. The van der Waals surface area contributed by atoms with Crippen LogP contribution in [0.15, 0.2) is 71.6 Å². The van der Waals surface area contributed by atoms with Crippen molar-refractivity contribution in [1.29, 1.82) is 0 Å². The molecule has 0 aromatic heterocycles. The summed E-state index contributed by atoms with van der Waals surface area (Å²) >= 11 is 0. The third-order valence-corrected chi connectivity index (χ3v) is 6.75. The molecular formula is C26H26N2O6S. The predicted molar refractivity (Wildman–Crippen MR) is 133 cm³/mol. The van der Waals surface area contributed by atoms with E-state index in [4.69, 9.17) is 4.74 Å². The number of Topliss-reactive ketones (excluding diaryl/α,β-unsaturated/α-hetero) is 1. The third-order valence-electron chi connectivity index (χ3n) is 5.23. The van der Waals surface area contributed by atoms with Gasteiger partial charge in [-0.15, -0.1) is 0 Å². The van der Waals surface area contributed by atoms with Gasteiger partial charge in [0.15, 0.2) is 11.9 Å². The molecule has 0 bridgehead atoms. The molecular weight excluding hydrogens is 468 g/mol. The molecule has 0 aliphatic heterocycles. The van der Waals surface area contributed by atoms with Crippen molar-refractivity contribution in [3.05, 3.63) is 89.0 Å². The average Bonchev–Trinajstić information content (AvgIpc) is 2.80. The van der Waals surface area contributed by atoms with Gasteiger partial charge in [-0.05, 0) is 81.8 Å². The third kappa shape index (κ3) is 6.54. The molecule has 0 aliphatic rings. The fourth-order valence-electron chi connectivity index (χ4n) is 3.16. The second kappa shape index (κ2) is 10.5. The first kappa shape index (κ1) is 25.6. The number of ketones is 1. The Hall–Kier alpha value is -3.98. The summed E-state index contributed by atoms with van der Waals surface area (Å²) in [5.41, 5.74) is 2.76. The van der Waals surface area contributed by atoms with E-state index in [1.165, 1.54) is 32.0 Å². The van der Waals surface area contributed by atoms with Crippen molar-refractivity contribution >= 4 is 39.1 Å². The Morgan fingerprint density at radius 1 is 0.829 bits per heavy atom. The molecule has 2 N–H and O–H groups in total. The van der Waals surface area contributed by atoms with Crippen LogP contribution in [-0.2, 0) is 19.6 Å². The van der Waals surface area contributed by atoms with Crippen molar-refractivity contribution in [1.82, 2.24) is 0 Å². The standard InChI is InChI=1S/C26H26N2O6S/c1-16-5-11-23(12-6-16)28-35(32,33)24-15-21(8-7-17(24)2)26(31)34-19(4)25(30)27-22-13-9-20(10-14-22)18(3)29/h5-15,19,28H,1-4H3,(H,27,30)/t19-/m1/s1. The lowest BCUT2D eigenvalue weighted by Gasteiger charge is -2.15. The number of sulfonamides is 1. The Morgan fingerprint density at radius 3 is 2.00 bits per heavy atom. The maximum absolute atomic E-state index is 12.9. The average molecular weight is 495 g/mol. The van der Waals surface area contributed by atoms with E-state index in [1.807, 2.05) is 6.92 Å². The van der Waals surface area contributed by atoms with E-state index >= 15 is 0 Å². The van der Waals surface area contributed by atoms with Gasteiger partial charge in [0.2, 0.25) is 0 Å². The summed E-state index contributed by atoms with van der Waals surface area (Å²) in [4.78, 5) is 36.4. The Bertz CT molecular complexity index is 1360. The monoisotopic (exact) mass is 494 g/mol. The smallest absolute Gasteiger partial charge is 0.338 e. The number of carbonyl (C=O) groups is 3.